The van der Waals surface area contributed by atoms with Gasteiger partial charge >= 0.3 is 0 Å². The van der Waals surface area contributed by atoms with E-state index in [0.717, 1.165) is 32.2 Å². The Labute approximate surface area is 105 Å². The molecule has 0 aromatic carbocycles. The number of nitrogens with zero attached hydrogens (tertiary/aromatic N) is 1. The molecule has 100 valence electrons. The van der Waals surface area contributed by atoms with E-state index in [1.165, 1.54) is 0 Å². The first-order chi connectivity index (χ1) is 8.08. The summed E-state index contributed by atoms with van der Waals surface area (Å²) in [7, 11) is 3.72. The van der Waals surface area contributed by atoms with E-state index in [2.05, 4.69) is 29.6 Å². The van der Waals surface area contributed by atoms with Crippen molar-refractivity contribution < 1.29 is 4.79 Å². The predicted octanol–water partition coefficient (Wildman–Crippen LogP) is 1.38. The van der Waals surface area contributed by atoms with Crippen molar-refractivity contribution in [2.24, 2.45) is 11.8 Å². The van der Waals surface area contributed by atoms with Gasteiger partial charge in [0.05, 0.1) is 0 Å². The van der Waals surface area contributed by atoms with Gasteiger partial charge in [0.1, 0.15) is 0 Å². The number of carbonyl (C=O) groups excluding carboxylic acids is 1. The zero-order valence-electron chi connectivity index (χ0n) is 11.6. The number of hydrazine groups is 1. The van der Waals surface area contributed by atoms with Gasteiger partial charge in [-0.2, -0.15) is 0 Å². The van der Waals surface area contributed by atoms with E-state index in [9.17, 15) is 4.79 Å². The maximum absolute atomic E-state index is 11.6. The van der Waals surface area contributed by atoms with Gasteiger partial charge in [-0.05, 0) is 38.6 Å². The van der Waals surface area contributed by atoms with Crippen LogP contribution in [0.2, 0.25) is 0 Å². The van der Waals surface area contributed by atoms with Crippen LogP contribution in [-0.4, -0.2) is 37.6 Å². The number of carbonyl (C=O) groups is 1. The second-order valence-corrected chi connectivity index (χ2v) is 5.39. The summed E-state index contributed by atoms with van der Waals surface area (Å²) in [5.74, 6) is 1.11. The molecule has 1 saturated carbocycles. The molecule has 0 unspecified atom stereocenters. The molecule has 0 radical (unpaired) electrons. The lowest BCUT2D eigenvalue weighted by molar-refractivity contribution is -0.125. The SMILES string of the molecule is CNC(=O)C1CCC(N(CC(C)C)NC)CC1. The summed E-state index contributed by atoms with van der Waals surface area (Å²) in [5.41, 5.74) is 3.29. The van der Waals surface area contributed by atoms with Crippen molar-refractivity contribution in [2.45, 2.75) is 45.6 Å². The Morgan fingerprint density at radius 1 is 1.24 bits per heavy atom. The minimum Gasteiger partial charge on any atom is -0.359 e. The van der Waals surface area contributed by atoms with Gasteiger partial charge in [0.15, 0.2) is 0 Å². The van der Waals surface area contributed by atoms with Crippen molar-refractivity contribution in [1.82, 2.24) is 15.8 Å². The van der Waals surface area contributed by atoms with Crippen molar-refractivity contribution in [3.05, 3.63) is 0 Å². The number of hydrogen-bond donors (Lipinski definition) is 2. The molecular weight excluding hydrogens is 214 g/mol. The van der Waals surface area contributed by atoms with Crippen LogP contribution >= 0.6 is 0 Å². The largest absolute Gasteiger partial charge is 0.359 e. The van der Waals surface area contributed by atoms with Crippen LogP contribution in [-0.2, 0) is 4.79 Å². The molecule has 4 heteroatoms. The molecule has 0 spiro atoms. The van der Waals surface area contributed by atoms with E-state index < -0.39 is 0 Å². The van der Waals surface area contributed by atoms with Gasteiger partial charge in [-0.1, -0.05) is 13.8 Å². The van der Waals surface area contributed by atoms with Crippen molar-refractivity contribution in [1.29, 1.82) is 0 Å². The van der Waals surface area contributed by atoms with Gasteiger partial charge in [-0.25, -0.2) is 5.01 Å². The van der Waals surface area contributed by atoms with E-state index >= 15 is 0 Å². The Morgan fingerprint density at radius 2 is 1.82 bits per heavy atom. The Morgan fingerprint density at radius 3 is 2.24 bits per heavy atom. The molecule has 1 aliphatic carbocycles. The molecule has 1 aliphatic rings. The number of nitrogens with one attached hydrogen (secondary N) is 2. The van der Waals surface area contributed by atoms with E-state index in [1.54, 1.807) is 7.05 Å². The Kier molecular flexibility index (Phi) is 5.92. The molecule has 0 bridgehead atoms. The summed E-state index contributed by atoms with van der Waals surface area (Å²) in [4.78, 5) is 11.6. The molecule has 0 aromatic heterocycles. The first-order valence-corrected chi connectivity index (χ1v) is 6.74. The highest BCUT2D eigenvalue weighted by molar-refractivity contribution is 5.78. The highest BCUT2D eigenvalue weighted by Crippen LogP contribution is 2.27. The maximum Gasteiger partial charge on any atom is 0.222 e. The normalized spacial score (nSPS) is 25.3. The molecule has 2 N–H and O–H groups in total. The average Bonchev–Trinajstić information content (AvgIpc) is 2.35. The van der Waals surface area contributed by atoms with Crippen LogP contribution in [0.5, 0.6) is 0 Å². The van der Waals surface area contributed by atoms with Gasteiger partial charge in [0.25, 0.3) is 0 Å². The van der Waals surface area contributed by atoms with Crippen LogP contribution < -0.4 is 10.7 Å². The van der Waals surface area contributed by atoms with Gasteiger partial charge in [0, 0.05) is 25.6 Å². The quantitative estimate of drug-likeness (QED) is 0.715. The monoisotopic (exact) mass is 241 g/mol. The minimum atomic E-state index is 0.211. The van der Waals surface area contributed by atoms with E-state index in [0.29, 0.717) is 12.0 Å². The number of amides is 1. The third kappa shape index (κ3) is 4.28. The first kappa shape index (κ1) is 14.5. The minimum absolute atomic E-state index is 0.211. The zero-order chi connectivity index (χ0) is 12.8. The topological polar surface area (TPSA) is 44.4 Å². The van der Waals surface area contributed by atoms with Crippen molar-refractivity contribution in [3.63, 3.8) is 0 Å². The molecule has 1 rings (SSSR count). The van der Waals surface area contributed by atoms with Crippen LogP contribution in [0.15, 0.2) is 0 Å². The summed E-state index contributed by atoms with van der Waals surface area (Å²) in [5, 5.41) is 5.09. The smallest absolute Gasteiger partial charge is 0.222 e. The van der Waals surface area contributed by atoms with Crippen LogP contribution in [0.25, 0.3) is 0 Å². The standard InChI is InChI=1S/C13H27N3O/c1-10(2)9-16(15-4)12-7-5-11(6-8-12)13(17)14-3/h10-12,15H,5-9H2,1-4H3,(H,14,17). The summed E-state index contributed by atoms with van der Waals surface area (Å²) < 4.78 is 0. The summed E-state index contributed by atoms with van der Waals surface area (Å²) >= 11 is 0. The highest BCUT2D eigenvalue weighted by Gasteiger charge is 2.28. The first-order valence-electron chi connectivity index (χ1n) is 6.74. The summed E-state index contributed by atoms with van der Waals surface area (Å²) in [6, 6.07) is 0.586. The molecule has 1 amide bonds. The van der Waals surface area contributed by atoms with Crippen LogP contribution in [0.1, 0.15) is 39.5 Å². The van der Waals surface area contributed by atoms with Crippen LogP contribution in [0.3, 0.4) is 0 Å². The van der Waals surface area contributed by atoms with Gasteiger partial charge in [-0.15, -0.1) is 0 Å². The third-order valence-electron chi connectivity index (χ3n) is 3.60. The molecular formula is C13H27N3O. The van der Waals surface area contributed by atoms with Crippen molar-refractivity contribution >= 4 is 5.91 Å². The van der Waals surface area contributed by atoms with Crippen LogP contribution in [0.4, 0.5) is 0 Å². The lowest BCUT2D eigenvalue weighted by atomic mass is 9.85. The molecule has 1 fully saturated rings. The lowest BCUT2D eigenvalue weighted by Gasteiger charge is -2.36. The predicted molar refractivity (Wildman–Crippen MR) is 70.4 cm³/mol. The van der Waals surface area contributed by atoms with Gasteiger partial charge in [-0.3, -0.25) is 10.2 Å². The molecule has 0 aliphatic heterocycles. The Bertz CT molecular complexity index is 235. The molecule has 4 nitrogen and oxygen atoms in total. The number of hydrogen-bond acceptors (Lipinski definition) is 3. The van der Waals surface area contributed by atoms with Gasteiger partial charge < -0.3 is 5.32 Å². The molecule has 0 atom stereocenters. The van der Waals surface area contributed by atoms with E-state index in [1.807, 2.05) is 7.05 Å². The van der Waals surface area contributed by atoms with Crippen LogP contribution in [0, 0.1) is 11.8 Å². The fraction of sp³-hybridized carbons (Fsp3) is 0.923. The molecule has 0 saturated heterocycles. The molecule has 17 heavy (non-hydrogen) atoms. The van der Waals surface area contributed by atoms with Crippen molar-refractivity contribution in [3.8, 4) is 0 Å². The Hall–Kier alpha value is -0.610. The molecule has 0 heterocycles. The molecule has 0 aromatic rings. The fourth-order valence-electron chi connectivity index (χ4n) is 2.67. The maximum atomic E-state index is 11.6. The summed E-state index contributed by atoms with van der Waals surface area (Å²) in [6.45, 7) is 5.55. The van der Waals surface area contributed by atoms with E-state index in [-0.39, 0.29) is 11.8 Å². The third-order valence-corrected chi connectivity index (χ3v) is 3.60. The van der Waals surface area contributed by atoms with Gasteiger partial charge in [0.2, 0.25) is 5.91 Å². The highest BCUT2D eigenvalue weighted by atomic mass is 16.1. The Balaban J connectivity index is 2.41. The fourth-order valence-corrected chi connectivity index (χ4v) is 2.67. The van der Waals surface area contributed by atoms with Crippen molar-refractivity contribution in [2.75, 3.05) is 20.6 Å². The number of rotatable bonds is 5. The van der Waals surface area contributed by atoms with E-state index in [4.69, 9.17) is 0 Å². The summed E-state index contributed by atoms with van der Waals surface area (Å²) in [6.07, 6.45) is 4.26. The zero-order valence-corrected chi connectivity index (χ0v) is 11.6. The second-order valence-electron chi connectivity index (χ2n) is 5.39. The lowest BCUT2D eigenvalue weighted by Crippen LogP contribution is -2.48. The average molecular weight is 241 g/mol. The second kappa shape index (κ2) is 6.97.